The van der Waals surface area contributed by atoms with Crippen LogP contribution in [0.15, 0.2) is 33.4 Å². The van der Waals surface area contributed by atoms with Crippen molar-refractivity contribution in [3.63, 3.8) is 0 Å². The van der Waals surface area contributed by atoms with Crippen LogP contribution < -0.4 is 5.32 Å². The molecule has 20 heavy (non-hydrogen) atoms. The first kappa shape index (κ1) is 15.5. The van der Waals surface area contributed by atoms with Gasteiger partial charge in [0.15, 0.2) is 0 Å². The highest BCUT2D eigenvalue weighted by Crippen LogP contribution is 2.34. The Morgan fingerprint density at radius 1 is 1.20 bits per heavy atom. The number of thiophene rings is 1. The summed E-state index contributed by atoms with van der Waals surface area (Å²) in [5, 5.41) is 4.83. The van der Waals surface area contributed by atoms with Crippen molar-refractivity contribution in [2.75, 3.05) is 7.05 Å². The number of nitrogens with one attached hydrogen (secondary N) is 1. The highest BCUT2D eigenvalue weighted by Gasteiger charge is 2.34. The van der Waals surface area contributed by atoms with Gasteiger partial charge in [-0.1, -0.05) is 6.07 Å². The normalized spacial score (nSPS) is 13.5. The SMILES string of the molecule is CNC(c1csc(Br)c1)c1ccc(C(F)(F)F)c(F)c1. The summed E-state index contributed by atoms with van der Waals surface area (Å²) >= 11 is 4.78. The van der Waals surface area contributed by atoms with Crippen LogP contribution >= 0.6 is 27.3 Å². The van der Waals surface area contributed by atoms with Crippen LogP contribution in [0.4, 0.5) is 17.6 Å². The highest BCUT2D eigenvalue weighted by atomic mass is 79.9. The molecule has 2 rings (SSSR count). The first-order chi connectivity index (χ1) is 9.32. The molecule has 0 aliphatic rings. The summed E-state index contributed by atoms with van der Waals surface area (Å²) in [5.41, 5.74) is 0.0643. The average Bonchev–Trinajstić information content (AvgIpc) is 2.75. The summed E-state index contributed by atoms with van der Waals surface area (Å²) in [6.07, 6.45) is -4.68. The molecule has 0 radical (unpaired) electrons. The fourth-order valence-corrected chi connectivity index (χ4v) is 3.14. The Kier molecular flexibility index (Phi) is 4.51. The van der Waals surface area contributed by atoms with Gasteiger partial charge in [-0.05, 0) is 57.7 Å². The summed E-state index contributed by atoms with van der Waals surface area (Å²) in [7, 11) is 1.67. The lowest BCUT2D eigenvalue weighted by Gasteiger charge is -2.17. The minimum absolute atomic E-state index is 0.352. The van der Waals surface area contributed by atoms with Crippen molar-refractivity contribution in [1.29, 1.82) is 0 Å². The van der Waals surface area contributed by atoms with Gasteiger partial charge in [0.1, 0.15) is 5.82 Å². The van der Waals surface area contributed by atoms with Gasteiger partial charge in [-0.15, -0.1) is 11.3 Å². The third-order valence-corrected chi connectivity index (χ3v) is 4.36. The van der Waals surface area contributed by atoms with Crippen molar-refractivity contribution < 1.29 is 17.6 Å². The quantitative estimate of drug-likeness (QED) is 0.754. The number of hydrogen-bond acceptors (Lipinski definition) is 2. The molecule has 1 aromatic heterocycles. The monoisotopic (exact) mass is 367 g/mol. The smallest absolute Gasteiger partial charge is 0.309 e. The van der Waals surface area contributed by atoms with Crippen LogP contribution in [0.3, 0.4) is 0 Å². The molecule has 0 bridgehead atoms. The van der Waals surface area contributed by atoms with Crippen molar-refractivity contribution in [1.82, 2.24) is 5.32 Å². The molecule has 0 spiro atoms. The zero-order valence-electron chi connectivity index (χ0n) is 10.3. The van der Waals surface area contributed by atoms with Crippen molar-refractivity contribution in [3.8, 4) is 0 Å². The molecule has 0 saturated carbocycles. The summed E-state index contributed by atoms with van der Waals surface area (Å²) in [5.74, 6) is -1.26. The molecule has 0 aliphatic carbocycles. The number of halogens is 5. The number of rotatable bonds is 3. The Labute approximate surface area is 125 Å². The molecule has 108 valence electrons. The molecule has 1 N–H and O–H groups in total. The van der Waals surface area contributed by atoms with E-state index in [9.17, 15) is 17.6 Å². The van der Waals surface area contributed by atoms with Crippen LogP contribution in [0, 0.1) is 5.82 Å². The molecular weight excluding hydrogens is 358 g/mol. The maximum atomic E-state index is 13.6. The van der Waals surface area contributed by atoms with Gasteiger partial charge in [0.25, 0.3) is 0 Å². The van der Waals surface area contributed by atoms with Crippen molar-refractivity contribution in [2.24, 2.45) is 0 Å². The number of alkyl halides is 3. The molecule has 0 amide bonds. The van der Waals surface area contributed by atoms with E-state index >= 15 is 0 Å². The van der Waals surface area contributed by atoms with E-state index in [0.29, 0.717) is 5.56 Å². The van der Waals surface area contributed by atoms with E-state index in [0.717, 1.165) is 21.5 Å². The van der Waals surface area contributed by atoms with Crippen LogP contribution in [-0.4, -0.2) is 7.05 Å². The first-order valence-electron chi connectivity index (χ1n) is 5.60. The van der Waals surface area contributed by atoms with Gasteiger partial charge >= 0.3 is 6.18 Å². The van der Waals surface area contributed by atoms with E-state index in [-0.39, 0.29) is 6.04 Å². The zero-order chi connectivity index (χ0) is 14.9. The molecule has 1 atom stereocenters. The summed E-state index contributed by atoms with van der Waals surface area (Å²) < 4.78 is 52.1. The molecule has 1 nitrogen and oxygen atoms in total. The second kappa shape index (κ2) is 5.83. The van der Waals surface area contributed by atoms with Crippen molar-refractivity contribution in [3.05, 3.63) is 55.9 Å². The van der Waals surface area contributed by atoms with Crippen LogP contribution in [0.25, 0.3) is 0 Å². The molecule has 0 saturated heterocycles. The zero-order valence-corrected chi connectivity index (χ0v) is 12.7. The van der Waals surface area contributed by atoms with Crippen molar-refractivity contribution >= 4 is 27.3 Å². The average molecular weight is 368 g/mol. The van der Waals surface area contributed by atoms with Gasteiger partial charge in [0.2, 0.25) is 0 Å². The number of hydrogen-bond donors (Lipinski definition) is 1. The lowest BCUT2D eigenvalue weighted by Crippen LogP contribution is -2.18. The Hall–Kier alpha value is -0.920. The predicted molar refractivity (Wildman–Crippen MR) is 74.3 cm³/mol. The summed E-state index contributed by atoms with van der Waals surface area (Å²) in [6, 6.07) is 4.49. The second-order valence-corrected chi connectivity index (χ2v) is 6.43. The molecule has 1 aromatic carbocycles. The van der Waals surface area contributed by atoms with Gasteiger partial charge in [-0.2, -0.15) is 13.2 Å². The largest absolute Gasteiger partial charge is 0.419 e. The third kappa shape index (κ3) is 3.21. The van der Waals surface area contributed by atoms with Crippen LogP contribution in [0.1, 0.15) is 22.7 Å². The van der Waals surface area contributed by atoms with E-state index in [1.807, 2.05) is 11.4 Å². The minimum Gasteiger partial charge on any atom is -0.309 e. The fraction of sp³-hybridized carbons (Fsp3) is 0.231. The molecule has 7 heteroatoms. The van der Waals surface area contributed by atoms with Gasteiger partial charge in [0, 0.05) is 0 Å². The molecule has 1 heterocycles. The summed E-state index contributed by atoms with van der Waals surface area (Å²) in [6.45, 7) is 0. The Morgan fingerprint density at radius 2 is 1.90 bits per heavy atom. The molecule has 1 unspecified atom stereocenters. The fourth-order valence-electron chi connectivity index (χ4n) is 1.94. The van der Waals surface area contributed by atoms with E-state index in [1.165, 1.54) is 17.4 Å². The Morgan fingerprint density at radius 3 is 2.35 bits per heavy atom. The molecular formula is C13H10BrF4NS. The van der Waals surface area contributed by atoms with Gasteiger partial charge in [-0.25, -0.2) is 4.39 Å². The van der Waals surface area contributed by atoms with Gasteiger partial charge < -0.3 is 5.32 Å². The van der Waals surface area contributed by atoms with E-state index in [2.05, 4.69) is 21.2 Å². The third-order valence-electron chi connectivity index (χ3n) is 2.84. The topological polar surface area (TPSA) is 12.0 Å². The predicted octanol–water partition coefficient (Wildman–Crippen LogP) is 4.98. The van der Waals surface area contributed by atoms with Crippen molar-refractivity contribution in [2.45, 2.75) is 12.2 Å². The van der Waals surface area contributed by atoms with E-state index < -0.39 is 17.6 Å². The highest BCUT2D eigenvalue weighted by molar-refractivity contribution is 9.11. The molecule has 0 aliphatic heterocycles. The maximum absolute atomic E-state index is 13.6. The second-order valence-electron chi connectivity index (χ2n) is 4.14. The maximum Gasteiger partial charge on any atom is 0.419 e. The van der Waals surface area contributed by atoms with Crippen LogP contribution in [0.2, 0.25) is 0 Å². The lowest BCUT2D eigenvalue weighted by atomic mass is 9.99. The van der Waals surface area contributed by atoms with Gasteiger partial charge in [-0.3, -0.25) is 0 Å². The van der Waals surface area contributed by atoms with E-state index in [4.69, 9.17) is 0 Å². The minimum atomic E-state index is -4.68. The first-order valence-corrected chi connectivity index (χ1v) is 7.28. The molecule has 0 fully saturated rings. The lowest BCUT2D eigenvalue weighted by molar-refractivity contribution is -0.140. The van der Waals surface area contributed by atoms with Crippen LogP contribution in [0.5, 0.6) is 0 Å². The van der Waals surface area contributed by atoms with Gasteiger partial charge in [0.05, 0.1) is 15.4 Å². The Bertz CT molecular complexity index is 609. The number of benzene rings is 1. The summed E-state index contributed by atoms with van der Waals surface area (Å²) in [4.78, 5) is 0. The van der Waals surface area contributed by atoms with E-state index in [1.54, 1.807) is 7.05 Å². The Balaban J connectivity index is 2.39. The van der Waals surface area contributed by atoms with Crippen LogP contribution in [-0.2, 0) is 6.18 Å². The standard InChI is InChI=1S/C13H10BrF4NS/c1-19-12(8-5-11(14)20-6-8)7-2-3-9(10(15)4-7)13(16,17)18/h2-6,12,19H,1H3. The molecule has 2 aromatic rings.